The van der Waals surface area contributed by atoms with E-state index < -0.39 is 27.4 Å². The van der Waals surface area contributed by atoms with Gasteiger partial charge in [0.15, 0.2) is 0 Å². The van der Waals surface area contributed by atoms with Gasteiger partial charge in [0, 0.05) is 40.5 Å². The second-order valence-corrected chi connectivity index (χ2v) is 11.6. The lowest BCUT2D eigenvalue weighted by atomic mass is 10.1. The molecule has 0 saturated heterocycles. The van der Waals surface area contributed by atoms with Crippen LogP contribution in [0.1, 0.15) is 25.6 Å². The van der Waals surface area contributed by atoms with Crippen molar-refractivity contribution in [3.05, 3.63) is 58.7 Å². The summed E-state index contributed by atoms with van der Waals surface area (Å²) in [5.41, 5.74) is -0.421. The van der Waals surface area contributed by atoms with Gasteiger partial charge in [0.25, 0.3) is 0 Å². The minimum absolute atomic E-state index is 0.0430. The summed E-state index contributed by atoms with van der Waals surface area (Å²) in [5.74, 6) is -0.801. The van der Waals surface area contributed by atoms with Gasteiger partial charge in [-0.3, -0.25) is 0 Å². The number of halogens is 2. The Balaban J connectivity index is 2.08. The molecule has 1 amide bonds. The highest BCUT2D eigenvalue weighted by molar-refractivity contribution is 7.93. The van der Waals surface area contributed by atoms with E-state index in [2.05, 4.69) is 9.97 Å². The van der Waals surface area contributed by atoms with Gasteiger partial charge in [-0.15, -0.1) is 11.3 Å². The van der Waals surface area contributed by atoms with Gasteiger partial charge in [-0.25, -0.2) is 23.2 Å². The SMILES string of the molecule is CC(C)(C)N(CCc1cc(-c2cccnc2F)c(S(=O)(=O)c2ccc(Cl)nc2)s1)C(=O)O. The summed E-state index contributed by atoms with van der Waals surface area (Å²) in [6.07, 6.45) is 1.61. The van der Waals surface area contributed by atoms with Gasteiger partial charge in [-0.1, -0.05) is 11.6 Å². The third-order valence-corrected chi connectivity index (χ3v) is 8.37. The largest absolute Gasteiger partial charge is 0.465 e. The van der Waals surface area contributed by atoms with Crippen LogP contribution in [0.5, 0.6) is 0 Å². The fourth-order valence-electron chi connectivity index (χ4n) is 3.09. The highest BCUT2D eigenvalue weighted by Gasteiger charge is 2.29. The van der Waals surface area contributed by atoms with Crippen LogP contribution in [0.25, 0.3) is 11.1 Å². The van der Waals surface area contributed by atoms with Crippen LogP contribution >= 0.6 is 22.9 Å². The molecule has 3 heterocycles. The van der Waals surface area contributed by atoms with Crippen molar-refractivity contribution in [2.75, 3.05) is 6.54 Å². The Kier molecular flexibility index (Phi) is 6.87. The van der Waals surface area contributed by atoms with Crippen LogP contribution in [-0.2, 0) is 16.3 Å². The van der Waals surface area contributed by atoms with Crippen molar-refractivity contribution in [1.29, 1.82) is 0 Å². The van der Waals surface area contributed by atoms with Crippen LogP contribution in [0.4, 0.5) is 9.18 Å². The Morgan fingerprint density at radius 2 is 1.94 bits per heavy atom. The Morgan fingerprint density at radius 1 is 1.22 bits per heavy atom. The van der Waals surface area contributed by atoms with Crippen LogP contribution in [0.15, 0.2) is 51.8 Å². The fraction of sp³-hybridized carbons (Fsp3) is 0.286. The molecule has 0 spiro atoms. The van der Waals surface area contributed by atoms with Crippen molar-refractivity contribution in [3.8, 4) is 11.1 Å². The fourth-order valence-corrected chi connectivity index (χ4v) is 6.25. The van der Waals surface area contributed by atoms with E-state index in [1.165, 1.54) is 35.4 Å². The summed E-state index contributed by atoms with van der Waals surface area (Å²) in [6.45, 7) is 5.47. The van der Waals surface area contributed by atoms with Crippen molar-refractivity contribution in [3.63, 3.8) is 0 Å². The first-order valence-electron chi connectivity index (χ1n) is 9.52. The lowest BCUT2D eigenvalue weighted by Crippen LogP contribution is -2.45. The third kappa shape index (κ3) is 5.08. The first kappa shape index (κ1) is 24.1. The lowest BCUT2D eigenvalue weighted by molar-refractivity contribution is 0.101. The first-order chi connectivity index (χ1) is 14.9. The van der Waals surface area contributed by atoms with Gasteiger partial charge in [-0.05, 0) is 57.5 Å². The normalized spacial score (nSPS) is 12.0. The summed E-state index contributed by atoms with van der Waals surface area (Å²) >= 11 is 6.75. The highest BCUT2D eigenvalue weighted by Crippen LogP contribution is 2.39. The molecule has 0 aliphatic heterocycles. The molecule has 0 aliphatic rings. The molecule has 170 valence electrons. The maximum Gasteiger partial charge on any atom is 0.407 e. The van der Waals surface area contributed by atoms with Crippen LogP contribution in [0, 0.1) is 5.95 Å². The zero-order valence-corrected chi connectivity index (χ0v) is 19.9. The predicted molar refractivity (Wildman–Crippen MR) is 120 cm³/mol. The van der Waals surface area contributed by atoms with E-state index in [9.17, 15) is 22.7 Å². The molecule has 32 heavy (non-hydrogen) atoms. The van der Waals surface area contributed by atoms with E-state index in [1.807, 2.05) is 0 Å². The minimum Gasteiger partial charge on any atom is -0.465 e. The summed E-state index contributed by atoms with van der Waals surface area (Å²) in [4.78, 5) is 20.9. The average Bonchev–Trinajstić information content (AvgIpc) is 3.12. The lowest BCUT2D eigenvalue weighted by Gasteiger charge is -2.33. The molecule has 0 radical (unpaired) electrons. The Morgan fingerprint density at radius 3 is 2.50 bits per heavy atom. The van der Waals surface area contributed by atoms with Crippen molar-refractivity contribution >= 4 is 38.9 Å². The second-order valence-electron chi connectivity index (χ2n) is 7.93. The number of hydrogen-bond acceptors (Lipinski definition) is 6. The molecule has 3 aromatic heterocycles. The number of carbonyl (C=O) groups is 1. The van der Waals surface area contributed by atoms with Crippen LogP contribution in [-0.4, -0.2) is 46.6 Å². The number of rotatable bonds is 6. The number of sulfone groups is 1. The molecular weight excluding hydrogens is 477 g/mol. The smallest absolute Gasteiger partial charge is 0.407 e. The van der Waals surface area contributed by atoms with Gasteiger partial charge in [-0.2, -0.15) is 4.39 Å². The Bertz CT molecular complexity index is 1240. The van der Waals surface area contributed by atoms with Gasteiger partial charge in [0.05, 0.1) is 4.90 Å². The van der Waals surface area contributed by atoms with Gasteiger partial charge in [0.2, 0.25) is 15.8 Å². The van der Waals surface area contributed by atoms with Gasteiger partial charge < -0.3 is 10.0 Å². The number of hydrogen-bond donors (Lipinski definition) is 1. The molecule has 0 unspecified atom stereocenters. The maximum absolute atomic E-state index is 14.5. The number of carboxylic acid groups (broad SMARTS) is 1. The van der Waals surface area contributed by atoms with Crippen molar-refractivity contribution in [1.82, 2.24) is 14.9 Å². The molecule has 11 heteroatoms. The molecule has 0 fully saturated rings. The standard InChI is InChI=1S/C21H21ClFN3O4S2/c1-21(2,3)26(20(27)28)10-8-13-11-16(15-5-4-9-24-18(15)23)19(31-13)32(29,30)14-6-7-17(22)25-12-14/h4-7,9,11-12H,8,10H2,1-3H3,(H,27,28). The molecule has 7 nitrogen and oxygen atoms in total. The van der Waals surface area contributed by atoms with E-state index in [-0.39, 0.29) is 38.4 Å². The van der Waals surface area contributed by atoms with Crippen LogP contribution in [0.3, 0.4) is 0 Å². The first-order valence-corrected chi connectivity index (χ1v) is 12.2. The number of thiophene rings is 1. The topological polar surface area (TPSA) is 100 Å². The summed E-state index contributed by atoms with van der Waals surface area (Å²) in [6, 6.07) is 7.23. The zero-order chi connectivity index (χ0) is 23.7. The van der Waals surface area contributed by atoms with E-state index in [1.54, 1.807) is 26.8 Å². The number of aromatic nitrogens is 2. The Labute approximate surface area is 194 Å². The van der Waals surface area contributed by atoms with Crippen LogP contribution in [0.2, 0.25) is 5.15 Å². The van der Waals surface area contributed by atoms with Crippen molar-refractivity contribution < 1.29 is 22.7 Å². The molecular formula is C21H21ClFN3O4S2. The monoisotopic (exact) mass is 497 g/mol. The molecule has 3 aromatic rings. The molecule has 0 saturated carbocycles. The average molecular weight is 498 g/mol. The summed E-state index contributed by atoms with van der Waals surface area (Å²) in [7, 11) is -4.04. The molecule has 1 N–H and O–H groups in total. The van der Waals surface area contributed by atoms with Crippen molar-refractivity contribution in [2.24, 2.45) is 0 Å². The van der Waals surface area contributed by atoms with Crippen molar-refractivity contribution in [2.45, 2.75) is 41.8 Å². The minimum atomic E-state index is -4.04. The summed E-state index contributed by atoms with van der Waals surface area (Å²) in [5, 5.41) is 9.66. The quantitative estimate of drug-likeness (QED) is 0.472. The molecule has 0 bridgehead atoms. The molecule has 0 aromatic carbocycles. The highest BCUT2D eigenvalue weighted by atomic mass is 35.5. The van der Waals surface area contributed by atoms with E-state index in [0.717, 1.165) is 17.5 Å². The molecule has 0 aliphatic carbocycles. The molecule has 0 atom stereocenters. The predicted octanol–water partition coefficient (Wildman–Crippen LogP) is 5.15. The second kappa shape index (κ2) is 9.13. The van der Waals surface area contributed by atoms with E-state index in [4.69, 9.17) is 11.6 Å². The van der Waals surface area contributed by atoms with Crippen LogP contribution < -0.4 is 0 Å². The number of pyridine rings is 2. The summed E-state index contributed by atoms with van der Waals surface area (Å²) < 4.78 is 41.1. The number of nitrogens with zero attached hydrogens (tertiary/aromatic N) is 3. The maximum atomic E-state index is 14.5. The Hall–Kier alpha value is -2.56. The van der Waals surface area contributed by atoms with E-state index in [0.29, 0.717) is 4.88 Å². The number of amides is 1. The molecule has 3 rings (SSSR count). The zero-order valence-electron chi connectivity index (χ0n) is 17.5. The third-order valence-electron chi connectivity index (χ3n) is 4.68. The van der Waals surface area contributed by atoms with Gasteiger partial charge in [0.1, 0.15) is 9.36 Å². The van der Waals surface area contributed by atoms with E-state index >= 15 is 0 Å². The van der Waals surface area contributed by atoms with Gasteiger partial charge >= 0.3 is 6.09 Å².